The van der Waals surface area contributed by atoms with E-state index in [4.69, 9.17) is 23.2 Å². The van der Waals surface area contributed by atoms with Gasteiger partial charge in [-0.3, -0.25) is 0 Å². The lowest BCUT2D eigenvalue weighted by Gasteiger charge is -2.04. The molecule has 2 heterocycles. The molecule has 1 aliphatic carbocycles. The van der Waals surface area contributed by atoms with Gasteiger partial charge in [0.05, 0.1) is 10.0 Å². The Morgan fingerprint density at radius 1 is 1.35 bits per heavy atom. The molecule has 17 heavy (non-hydrogen) atoms. The van der Waals surface area contributed by atoms with Crippen LogP contribution in [-0.2, 0) is 0 Å². The minimum absolute atomic E-state index is 0.534. The van der Waals surface area contributed by atoms with Gasteiger partial charge in [-0.05, 0) is 25.0 Å². The van der Waals surface area contributed by atoms with Gasteiger partial charge in [0, 0.05) is 17.8 Å². The van der Waals surface area contributed by atoms with Gasteiger partial charge < -0.3 is 5.32 Å². The van der Waals surface area contributed by atoms with Crippen LogP contribution in [0.15, 0.2) is 18.3 Å². The number of halogens is 2. The molecule has 0 aromatic carbocycles. The zero-order valence-corrected chi connectivity index (χ0v) is 11.1. The lowest BCUT2D eigenvalue weighted by molar-refractivity contribution is 1.06. The maximum Gasteiger partial charge on any atom is 0.223 e. The molecule has 1 aliphatic rings. The Morgan fingerprint density at radius 3 is 2.82 bits per heavy atom. The van der Waals surface area contributed by atoms with E-state index in [0.29, 0.717) is 20.7 Å². The number of rotatable bonds is 3. The summed E-state index contributed by atoms with van der Waals surface area (Å²) in [5, 5.41) is 3.26. The van der Waals surface area contributed by atoms with E-state index >= 15 is 0 Å². The van der Waals surface area contributed by atoms with E-state index in [-0.39, 0.29) is 0 Å². The predicted molar refractivity (Wildman–Crippen MR) is 72.0 cm³/mol. The normalized spacial score (nSPS) is 14.9. The van der Waals surface area contributed by atoms with Gasteiger partial charge in [-0.15, -0.1) is 11.3 Å². The number of thiophene rings is 1. The van der Waals surface area contributed by atoms with Crippen molar-refractivity contribution < 1.29 is 0 Å². The number of hydrogen-bond acceptors (Lipinski definition) is 4. The molecule has 0 amide bonds. The average Bonchev–Trinajstić information content (AvgIpc) is 3.03. The van der Waals surface area contributed by atoms with Gasteiger partial charge in [0.15, 0.2) is 0 Å². The summed E-state index contributed by atoms with van der Waals surface area (Å²) in [6, 6.07) is 4.20. The summed E-state index contributed by atoms with van der Waals surface area (Å²) in [5.74, 6) is 0.656. The summed E-state index contributed by atoms with van der Waals surface area (Å²) in [6.45, 7) is 0. The number of aromatic nitrogens is 2. The smallest absolute Gasteiger partial charge is 0.223 e. The van der Waals surface area contributed by atoms with Crippen LogP contribution < -0.4 is 5.32 Å². The molecule has 2 aromatic rings. The molecule has 3 nitrogen and oxygen atoms in total. The van der Waals surface area contributed by atoms with E-state index in [1.807, 2.05) is 12.1 Å². The van der Waals surface area contributed by atoms with E-state index in [0.717, 1.165) is 11.3 Å². The Morgan fingerprint density at radius 2 is 2.18 bits per heavy atom. The van der Waals surface area contributed by atoms with Crippen molar-refractivity contribution in [3.8, 4) is 11.3 Å². The summed E-state index contributed by atoms with van der Waals surface area (Å²) in [5.41, 5.74) is 1.67. The van der Waals surface area contributed by atoms with Crippen LogP contribution >= 0.6 is 34.5 Å². The first kappa shape index (κ1) is 11.3. The molecule has 88 valence electrons. The molecule has 2 aromatic heterocycles. The lowest BCUT2D eigenvalue weighted by atomic mass is 10.2. The van der Waals surface area contributed by atoms with Crippen molar-refractivity contribution in [3.05, 3.63) is 27.0 Å². The monoisotopic (exact) mass is 285 g/mol. The van der Waals surface area contributed by atoms with Crippen LogP contribution in [0.5, 0.6) is 0 Å². The van der Waals surface area contributed by atoms with E-state index in [1.165, 1.54) is 24.2 Å². The van der Waals surface area contributed by atoms with Crippen molar-refractivity contribution in [3.63, 3.8) is 0 Å². The maximum absolute atomic E-state index is 6.10. The molecular weight excluding hydrogens is 277 g/mol. The van der Waals surface area contributed by atoms with Crippen molar-refractivity contribution in [1.29, 1.82) is 0 Å². The molecule has 0 atom stereocenters. The summed E-state index contributed by atoms with van der Waals surface area (Å²) >= 11 is 13.4. The van der Waals surface area contributed by atoms with E-state index in [9.17, 15) is 0 Å². The molecule has 1 saturated carbocycles. The van der Waals surface area contributed by atoms with Crippen molar-refractivity contribution >= 4 is 40.5 Å². The fourth-order valence-corrected chi connectivity index (χ4v) is 2.98. The molecule has 0 bridgehead atoms. The minimum Gasteiger partial charge on any atom is -0.351 e. The van der Waals surface area contributed by atoms with Crippen LogP contribution in [0.4, 0.5) is 5.95 Å². The summed E-state index contributed by atoms with van der Waals surface area (Å²) < 4.78 is 1.33. The van der Waals surface area contributed by atoms with Gasteiger partial charge in [-0.1, -0.05) is 23.2 Å². The maximum atomic E-state index is 6.10. The summed E-state index contributed by atoms with van der Waals surface area (Å²) in [7, 11) is 0. The van der Waals surface area contributed by atoms with E-state index < -0.39 is 0 Å². The van der Waals surface area contributed by atoms with E-state index in [2.05, 4.69) is 15.3 Å². The van der Waals surface area contributed by atoms with Gasteiger partial charge in [0.2, 0.25) is 5.95 Å². The first-order valence-electron chi connectivity index (χ1n) is 5.27. The highest BCUT2D eigenvalue weighted by molar-refractivity contribution is 7.20. The first-order chi connectivity index (χ1) is 8.22. The Hall–Kier alpha value is -0.840. The predicted octanol–water partition coefficient (Wildman–Crippen LogP) is 4.09. The van der Waals surface area contributed by atoms with E-state index in [1.54, 1.807) is 6.20 Å². The largest absolute Gasteiger partial charge is 0.351 e. The van der Waals surface area contributed by atoms with Gasteiger partial charge in [0.1, 0.15) is 4.34 Å². The molecule has 1 N–H and O–H groups in total. The van der Waals surface area contributed by atoms with Crippen LogP contribution in [-0.4, -0.2) is 16.0 Å². The van der Waals surface area contributed by atoms with Crippen LogP contribution in [0.25, 0.3) is 11.3 Å². The van der Waals surface area contributed by atoms with Crippen LogP contribution in [0.1, 0.15) is 12.8 Å². The minimum atomic E-state index is 0.534. The number of hydrogen-bond donors (Lipinski definition) is 1. The quantitative estimate of drug-likeness (QED) is 0.923. The molecule has 0 spiro atoms. The number of nitrogens with zero attached hydrogens (tertiary/aromatic N) is 2. The Bertz CT molecular complexity index is 551. The van der Waals surface area contributed by atoms with Crippen molar-refractivity contribution in [2.24, 2.45) is 0 Å². The van der Waals surface area contributed by atoms with Crippen LogP contribution in [0.2, 0.25) is 8.67 Å². The highest BCUT2D eigenvalue weighted by Gasteiger charge is 2.22. The van der Waals surface area contributed by atoms with Crippen LogP contribution in [0, 0.1) is 0 Å². The Labute approximate surface area is 113 Å². The van der Waals surface area contributed by atoms with Crippen molar-refractivity contribution in [2.75, 3.05) is 5.32 Å². The molecule has 0 radical (unpaired) electrons. The summed E-state index contributed by atoms with van der Waals surface area (Å²) in [6.07, 6.45) is 4.12. The molecule has 1 fully saturated rings. The first-order valence-corrected chi connectivity index (χ1v) is 6.84. The van der Waals surface area contributed by atoms with Gasteiger partial charge >= 0.3 is 0 Å². The highest BCUT2D eigenvalue weighted by Crippen LogP contribution is 2.37. The van der Waals surface area contributed by atoms with Crippen molar-refractivity contribution in [1.82, 2.24) is 9.97 Å². The Kier molecular flexibility index (Phi) is 2.94. The third-order valence-electron chi connectivity index (χ3n) is 2.50. The third-order valence-corrected chi connectivity index (χ3v) is 3.99. The van der Waals surface area contributed by atoms with Gasteiger partial charge in [-0.2, -0.15) is 0 Å². The zero-order chi connectivity index (χ0) is 11.8. The zero-order valence-electron chi connectivity index (χ0n) is 8.78. The SMILES string of the molecule is Clc1cc(-c2ccnc(NC3CC3)n2)c(Cl)s1. The van der Waals surface area contributed by atoms with Crippen LogP contribution in [0.3, 0.4) is 0 Å². The standard InChI is InChI=1S/C11H9Cl2N3S/c12-9-5-7(10(13)17-9)8-3-4-14-11(16-8)15-6-1-2-6/h3-6H,1-2H2,(H,14,15,16). The second-order valence-electron chi connectivity index (χ2n) is 3.92. The number of anilines is 1. The highest BCUT2D eigenvalue weighted by atomic mass is 35.5. The topological polar surface area (TPSA) is 37.8 Å². The van der Waals surface area contributed by atoms with Crippen molar-refractivity contribution in [2.45, 2.75) is 18.9 Å². The number of nitrogens with one attached hydrogen (secondary N) is 1. The van der Waals surface area contributed by atoms with Gasteiger partial charge in [0.25, 0.3) is 0 Å². The molecule has 6 heteroatoms. The second-order valence-corrected chi connectivity index (χ2v) is 6.21. The molecular formula is C11H9Cl2N3S. The second kappa shape index (κ2) is 4.44. The molecule has 0 unspecified atom stereocenters. The fourth-order valence-electron chi connectivity index (χ4n) is 1.50. The molecule has 0 saturated heterocycles. The lowest BCUT2D eigenvalue weighted by Crippen LogP contribution is -2.05. The molecule has 3 rings (SSSR count). The van der Waals surface area contributed by atoms with Gasteiger partial charge in [-0.25, -0.2) is 9.97 Å². The fraction of sp³-hybridized carbons (Fsp3) is 0.273. The summed E-state index contributed by atoms with van der Waals surface area (Å²) in [4.78, 5) is 8.63. The third kappa shape index (κ3) is 2.54. The average molecular weight is 286 g/mol. The Balaban J connectivity index is 1.93. The molecule has 0 aliphatic heterocycles.